The van der Waals surface area contributed by atoms with E-state index in [1.807, 2.05) is 6.92 Å². The van der Waals surface area contributed by atoms with Gasteiger partial charge < -0.3 is 0 Å². The Morgan fingerprint density at radius 2 is 1.86 bits per heavy atom. The molecule has 2 bridgehead atoms. The molecule has 0 radical (unpaired) electrons. The Kier molecular flexibility index (Phi) is 1.88. The molecule has 0 aromatic heterocycles. The Hall–Kier alpha value is -0.0900. The van der Waals surface area contributed by atoms with E-state index in [9.17, 15) is 13.0 Å². The van der Waals surface area contributed by atoms with Gasteiger partial charge in [0.15, 0.2) is 0 Å². The highest BCUT2D eigenvalue weighted by Gasteiger charge is 2.64. The maximum atomic E-state index is 11.3. The van der Waals surface area contributed by atoms with E-state index in [-0.39, 0.29) is 10.8 Å². The Morgan fingerprint density at radius 3 is 2.07 bits per heavy atom. The molecule has 0 spiro atoms. The fourth-order valence-corrected chi connectivity index (χ4v) is 5.14. The Balaban J connectivity index is 2.47. The summed E-state index contributed by atoms with van der Waals surface area (Å²) in [5.74, 6) is 0.458. The third-order valence-corrected chi connectivity index (χ3v) is 6.51. The first-order valence-electron chi connectivity index (χ1n) is 5.16. The van der Waals surface area contributed by atoms with Crippen LogP contribution in [-0.4, -0.2) is 18.2 Å². The van der Waals surface area contributed by atoms with Crippen LogP contribution in [-0.2, 0) is 10.1 Å². The number of hydrogen-bond acceptors (Lipinski definition) is 2. The normalized spacial score (nSPS) is 45.7. The van der Waals surface area contributed by atoms with Crippen LogP contribution in [0, 0.1) is 16.7 Å². The van der Waals surface area contributed by atoms with Crippen molar-refractivity contribution in [2.24, 2.45) is 16.7 Å². The summed E-state index contributed by atoms with van der Waals surface area (Å²) in [4.78, 5) is 0. The fourth-order valence-electron chi connectivity index (χ4n) is 3.58. The van der Waals surface area contributed by atoms with E-state index in [2.05, 4.69) is 13.8 Å². The first-order valence-corrected chi connectivity index (χ1v) is 6.66. The van der Waals surface area contributed by atoms with Crippen molar-refractivity contribution in [2.45, 2.75) is 45.3 Å². The number of fused-ring (bicyclic) bond motifs is 2. The van der Waals surface area contributed by atoms with Gasteiger partial charge in [-0.3, -0.25) is 4.55 Å². The highest BCUT2D eigenvalue weighted by Crippen LogP contribution is 2.66. The summed E-state index contributed by atoms with van der Waals surface area (Å²) in [7, 11) is -3.86. The van der Waals surface area contributed by atoms with E-state index in [4.69, 9.17) is 0 Å². The molecular formula is C10H18O3S. The molecule has 82 valence electrons. The SMILES string of the molecule is CC1(C)C2CCC1(C)C(S(=O)(=O)O)C2. The van der Waals surface area contributed by atoms with Gasteiger partial charge in [0.05, 0.1) is 5.25 Å². The van der Waals surface area contributed by atoms with Gasteiger partial charge in [0.2, 0.25) is 0 Å². The second-order valence-electron chi connectivity index (χ2n) is 5.61. The molecule has 0 heterocycles. The third-order valence-electron chi connectivity index (χ3n) is 5.07. The molecule has 0 aliphatic heterocycles. The molecule has 1 N–H and O–H groups in total. The molecule has 0 aromatic rings. The Bertz CT molecular complexity index is 358. The smallest absolute Gasteiger partial charge is 0.268 e. The molecule has 3 atom stereocenters. The van der Waals surface area contributed by atoms with Gasteiger partial charge in [-0.2, -0.15) is 8.42 Å². The first-order chi connectivity index (χ1) is 6.19. The van der Waals surface area contributed by atoms with Gasteiger partial charge in [0.25, 0.3) is 10.1 Å². The minimum Gasteiger partial charge on any atom is -0.285 e. The topological polar surface area (TPSA) is 54.4 Å². The zero-order valence-corrected chi connectivity index (χ0v) is 9.76. The molecule has 0 aromatic carbocycles. The molecule has 0 amide bonds. The zero-order valence-electron chi connectivity index (χ0n) is 8.95. The third kappa shape index (κ3) is 1.04. The standard InChI is InChI=1S/C10H18O3S/c1-9(2)7-4-5-10(9,3)8(6-7)14(11,12)13/h7-8H,4-6H2,1-3H3,(H,11,12,13). The zero-order chi connectivity index (χ0) is 10.8. The molecule has 3 nitrogen and oxygen atoms in total. The van der Waals surface area contributed by atoms with Crippen LogP contribution in [0.1, 0.15) is 40.0 Å². The van der Waals surface area contributed by atoms with Gasteiger partial charge in [-0.05, 0) is 36.0 Å². The fraction of sp³-hybridized carbons (Fsp3) is 1.00. The van der Waals surface area contributed by atoms with Gasteiger partial charge in [0, 0.05) is 0 Å². The monoisotopic (exact) mass is 218 g/mol. The highest BCUT2D eigenvalue weighted by atomic mass is 32.2. The van der Waals surface area contributed by atoms with Crippen LogP contribution in [0.5, 0.6) is 0 Å². The number of rotatable bonds is 1. The molecule has 2 fully saturated rings. The molecule has 0 saturated heterocycles. The van der Waals surface area contributed by atoms with Gasteiger partial charge in [-0.25, -0.2) is 0 Å². The largest absolute Gasteiger partial charge is 0.285 e. The van der Waals surface area contributed by atoms with Crippen LogP contribution in [0.2, 0.25) is 0 Å². The van der Waals surface area contributed by atoms with Gasteiger partial charge in [0.1, 0.15) is 0 Å². The van der Waals surface area contributed by atoms with Gasteiger partial charge >= 0.3 is 0 Å². The van der Waals surface area contributed by atoms with Crippen molar-refractivity contribution in [3.8, 4) is 0 Å². The molecule has 2 aliphatic rings. The molecule has 4 heteroatoms. The summed E-state index contributed by atoms with van der Waals surface area (Å²) in [6.07, 6.45) is 2.67. The van der Waals surface area contributed by atoms with Gasteiger partial charge in [-0.1, -0.05) is 20.8 Å². The van der Waals surface area contributed by atoms with Crippen molar-refractivity contribution in [1.82, 2.24) is 0 Å². The lowest BCUT2D eigenvalue weighted by atomic mass is 9.71. The Morgan fingerprint density at radius 1 is 1.29 bits per heavy atom. The summed E-state index contributed by atoms with van der Waals surface area (Å²) >= 11 is 0. The van der Waals surface area contributed by atoms with Crippen LogP contribution in [0.3, 0.4) is 0 Å². The van der Waals surface area contributed by atoms with Crippen LogP contribution in [0.25, 0.3) is 0 Å². The van der Waals surface area contributed by atoms with Crippen molar-refractivity contribution < 1.29 is 13.0 Å². The first kappa shape index (κ1) is 10.4. The van der Waals surface area contributed by atoms with E-state index in [1.165, 1.54) is 0 Å². The summed E-state index contributed by atoms with van der Waals surface area (Å²) < 4.78 is 31.8. The lowest BCUT2D eigenvalue weighted by Gasteiger charge is -2.37. The van der Waals surface area contributed by atoms with Gasteiger partial charge in [-0.15, -0.1) is 0 Å². The summed E-state index contributed by atoms with van der Waals surface area (Å²) in [6, 6.07) is 0. The van der Waals surface area contributed by atoms with Crippen molar-refractivity contribution >= 4 is 10.1 Å². The summed E-state index contributed by atoms with van der Waals surface area (Å²) in [5.41, 5.74) is -0.182. The summed E-state index contributed by atoms with van der Waals surface area (Å²) in [5, 5.41) is -0.538. The lowest BCUT2D eigenvalue weighted by Crippen LogP contribution is -2.40. The molecule has 3 unspecified atom stereocenters. The van der Waals surface area contributed by atoms with Crippen LogP contribution in [0.4, 0.5) is 0 Å². The highest BCUT2D eigenvalue weighted by molar-refractivity contribution is 7.86. The quantitative estimate of drug-likeness (QED) is 0.686. The minimum absolute atomic E-state index is 0.0491. The average molecular weight is 218 g/mol. The van der Waals surface area contributed by atoms with E-state index < -0.39 is 15.4 Å². The number of hydrogen-bond donors (Lipinski definition) is 1. The van der Waals surface area contributed by atoms with Crippen molar-refractivity contribution in [3.05, 3.63) is 0 Å². The lowest BCUT2D eigenvalue weighted by molar-refractivity contribution is 0.151. The van der Waals surface area contributed by atoms with E-state index in [1.54, 1.807) is 0 Å². The summed E-state index contributed by atoms with van der Waals surface area (Å²) in [6.45, 7) is 6.28. The Labute approximate surface area is 85.6 Å². The second-order valence-corrected chi connectivity index (χ2v) is 7.21. The van der Waals surface area contributed by atoms with Crippen LogP contribution < -0.4 is 0 Å². The van der Waals surface area contributed by atoms with E-state index >= 15 is 0 Å². The molecule has 2 rings (SSSR count). The van der Waals surface area contributed by atoms with E-state index in [0.29, 0.717) is 12.3 Å². The van der Waals surface area contributed by atoms with E-state index in [0.717, 1.165) is 12.8 Å². The van der Waals surface area contributed by atoms with Crippen LogP contribution >= 0.6 is 0 Å². The van der Waals surface area contributed by atoms with Crippen molar-refractivity contribution in [3.63, 3.8) is 0 Å². The van der Waals surface area contributed by atoms with Crippen LogP contribution in [0.15, 0.2) is 0 Å². The average Bonchev–Trinajstić information content (AvgIpc) is 2.32. The molecular weight excluding hydrogens is 200 g/mol. The molecule has 2 aliphatic carbocycles. The van der Waals surface area contributed by atoms with Crippen molar-refractivity contribution in [1.29, 1.82) is 0 Å². The molecule has 2 saturated carbocycles. The predicted octanol–water partition coefficient (Wildman–Crippen LogP) is 2.09. The van der Waals surface area contributed by atoms with Crippen molar-refractivity contribution in [2.75, 3.05) is 0 Å². The second kappa shape index (κ2) is 2.53. The minimum atomic E-state index is -3.86. The molecule has 14 heavy (non-hydrogen) atoms. The maximum Gasteiger partial charge on any atom is 0.268 e. The predicted molar refractivity (Wildman–Crippen MR) is 54.6 cm³/mol. The maximum absolute atomic E-state index is 11.3.